The summed E-state index contributed by atoms with van der Waals surface area (Å²) in [5.74, 6) is 0.826. The van der Waals surface area contributed by atoms with Crippen molar-refractivity contribution in [2.75, 3.05) is 11.9 Å². The highest BCUT2D eigenvalue weighted by atomic mass is 19.1. The lowest BCUT2D eigenvalue weighted by molar-refractivity contribution is 0.231. The van der Waals surface area contributed by atoms with E-state index in [0.717, 1.165) is 18.7 Å². The maximum atomic E-state index is 13.2. The number of nitrogens with zero attached hydrogens (tertiary/aromatic N) is 3. The largest absolute Gasteiger partial charge is 0.473 e. The Bertz CT molecular complexity index is 814. The third-order valence-electron chi connectivity index (χ3n) is 5.03. The number of ether oxygens (including phenoxy) is 1. The molecule has 2 aromatic rings. The van der Waals surface area contributed by atoms with Gasteiger partial charge in [-0.15, -0.1) is 0 Å². The normalized spacial score (nSPS) is 17.9. The molecule has 1 aromatic heterocycles. The Labute approximate surface area is 133 Å². The minimum Gasteiger partial charge on any atom is -0.473 e. The summed E-state index contributed by atoms with van der Waals surface area (Å²) in [4.78, 5) is 18.4. The van der Waals surface area contributed by atoms with E-state index in [1.54, 1.807) is 22.8 Å². The van der Waals surface area contributed by atoms with Gasteiger partial charge in [-0.3, -0.25) is 4.57 Å². The third kappa shape index (κ3) is 2.29. The summed E-state index contributed by atoms with van der Waals surface area (Å²) in [7, 11) is 2.02. The highest BCUT2D eigenvalue weighted by molar-refractivity contribution is 5.49. The summed E-state index contributed by atoms with van der Waals surface area (Å²) >= 11 is 0. The fourth-order valence-electron chi connectivity index (χ4n) is 3.48. The van der Waals surface area contributed by atoms with Crippen LogP contribution in [0, 0.1) is 5.82 Å². The van der Waals surface area contributed by atoms with Crippen molar-refractivity contribution in [3.05, 3.63) is 52.2 Å². The molecule has 2 aliphatic rings. The topological polar surface area (TPSA) is 47.4 Å². The molecule has 0 atom stereocenters. The van der Waals surface area contributed by atoms with E-state index in [0.29, 0.717) is 12.1 Å². The van der Waals surface area contributed by atoms with Gasteiger partial charge >= 0.3 is 5.69 Å². The van der Waals surface area contributed by atoms with Crippen LogP contribution >= 0.6 is 0 Å². The molecule has 5 nitrogen and oxygen atoms in total. The molecule has 0 saturated heterocycles. The van der Waals surface area contributed by atoms with E-state index < -0.39 is 0 Å². The van der Waals surface area contributed by atoms with Gasteiger partial charge in [0.1, 0.15) is 18.2 Å². The second-order valence-electron chi connectivity index (χ2n) is 6.38. The van der Waals surface area contributed by atoms with Gasteiger partial charge in [0.05, 0.1) is 12.1 Å². The van der Waals surface area contributed by atoms with Gasteiger partial charge in [-0.1, -0.05) is 12.1 Å². The second kappa shape index (κ2) is 5.08. The molecule has 0 radical (unpaired) electrons. The standard InChI is InChI=1S/C17H18FN3O2/c1-20-15-9-14(23-10-12-4-2-5-13(18)8-12)19-16(22)21(15)11-17(20)6-3-7-17/h2,4-5,8-9H,3,6-7,10-11H2,1H3. The molecule has 1 fully saturated rings. The van der Waals surface area contributed by atoms with Crippen molar-refractivity contribution in [3.63, 3.8) is 0 Å². The smallest absolute Gasteiger partial charge is 0.352 e. The quantitative estimate of drug-likeness (QED) is 0.872. The van der Waals surface area contributed by atoms with Crippen LogP contribution in [0.15, 0.2) is 35.1 Å². The van der Waals surface area contributed by atoms with E-state index in [9.17, 15) is 9.18 Å². The Morgan fingerprint density at radius 3 is 2.87 bits per heavy atom. The number of aromatic nitrogens is 2. The minimum absolute atomic E-state index is 0.0784. The first-order valence-electron chi connectivity index (χ1n) is 7.80. The van der Waals surface area contributed by atoms with Gasteiger partial charge in [-0.05, 0) is 37.0 Å². The first-order valence-corrected chi connectivity index (χ1v) is 7.80. The molecule has 1 aliphatic heterocycles. The average molecular weight is 315 g/mol. The zero-order valence-electron chi connectivity index (χ0n) is 13.0. The number of hydrogen-bond donors (Lipinski definition) is 0. The number of benzene rings is 1. The lowest BCUT2D eigenvalue weighted by atomic mass is 9.76. The molecule has 0 unspecified atom stereocenters. The molecule has 120 valence electrons. The molecular weight excluding hydrogens is 297 g/mol. The average Bonchev–Trinajstić information content (AvgIpc) is 2.80. The van der Waals surface area contributed by atoms with Gasteiger partial charge in [-0.2, -0.15) is 4.98 Å². The molecular formula is C17H18FN3O2. The molecule has 4 rings (SSSR count). The summed E-state index contributed by atoms with van der Waals surface area (Å²) in [6.07, 6.45) is 3.40. The highest BCUT2D eigenvalue weighted by Gasteiger charge is 2.47. The van der Waals surface area contributed by atoms with E-state index in [1.165, 1.54) is 18.6 Å². The fraction of sp³-hybridized carbons (Fsp3) is 0.412. The summed E-state index contributed by atoms with van der Waals surface area (Å²) in [5, 5.41) is 0. The number of hydrogen-bond acceptors (Lipinski definition) is 4. The monoisotopic (exact) mass is 315 g/mol. The van der Waals surface area contributed by atoms with Crippen LogP contribution in [0.2, 0.25) is 0 Å². The minimum atomic E-state index is -0.306. The summed E-state index contributed by atoms with van der Waals surface area (Å²) in [5.41, 5.74) is 0.498. The number of fused-ring (bicyclic) bond motifs is 1. The molecule has 0 bridgehead atoms. The zero-order valence-corrected chi connectivity index (χ0v) is 13.0. The van der Waals surface area contributed by atoms with Gasteiger partial charge < -0.3 is 9.64 Å². The number of rotatable bonds is 3. The molecule has 1 saturated carbocycles. The third-order valence-corrected chi connectivity index (χ3v) is 5.03. The van der Waals surface area contributed by atoms with E-state index in [1.807, 2.05) is 7.05 Å². The molecule has 1 aromatic carbocycles. The van der Waals surface area contributed by atoms with Gasteiger partial charge in [0.2, 0.25) is 5.88 Å². The van der Waals surface area contributed by atoms with Crippen LogP contribution in [-0.4, -0.2) is 22.1 Å². The van der Waals surface area contributed by atoms with E-state index in [4.69, 9.17) is 4.74 Å². The lowest BCUT2D eigenvalue weighted by Crippen LogP contribution is -2.50. The Kier molecular flexibility index (Phi) is 3.14. The summed E-state index contributed by atoms with van der Waals surface area (Å²) in [6.45, 7) is 0.886. The van der Waals surface area contributed by atoms with Gasteiger partial charge in [-0.25, -0.2) is 9.18 Å². The summed E-state index contributed by atoms with van der Waals surface area (Å²) in [6, 6.07) is 8.01. The van der Waals surface area contributed by atoms with Gasteiger partial charge in [0.15, 0.2) is 0 Å². The number of halogens is 1. The highest BCUT2D eigenvalue weighted by Crippen LogP contribution is 2.45. The first kappa shape index (κ1) is 14.2. The van der Waals surface area contributed by atoms with Crippen LogP contribution in [0.5, 0.6) is 5.88 Å². The summed E-state index contributed by atoms with van der Waals surface area (Å²) < 4.78 is 20.5. The van der Waals surface area contributed by atoms with Crippen molar-refractivity contribution < 1.29 is 9.13 Å². The molecule has 2 heterocycles. The van der Waals surface area contributed by atoms with Crippen LogP contribution in [-0.2, 0) is 13.2 Å². The Balaban J connectivity index is 1.58. The predicted molar refractivity (Wildman–Crippen MR) is 84.2 cm³/mol. The van der Waals surface area contributed by atoms with E-state index in [-0.39, 0.29) is 29.5 Å². The predicted octanol–water partition coefficient (Wildman–Crippen LogP) is 2.33. The van der Waals surface area contributed by atoms with Crippen LogP contribution < -0.4 is 15.3 Å². The van der Waals surface area contributed by atoms with Crippen molar-refractivity contribution in [1.82, 2.24) is 9.55 Å². The van der Waals surface area contributed by atoms with Crippen LogP contribution in [0.3, 0.4) is 0 Å². The number of likely N-dealkylation sites (N-methyl/N-ethyl adjacent to an activating group) is 1. The van der Waals surface area contributed by atoms with Crippen molar-refractivity contribution in [2.45, 2.75) is 38.0 Å². The molecule has 0 amide bonds. The first-order chi connectivity index (χ1) is 11.1. The maximum absolute atomic E-state index is 13.2. The van der Waals surface area contributed by atoms with Crippen molar-refractivity contribution in [3.8, 4) is 5.88 Å². The van der Waals surface area contributed by atoms with Gasteiger partial charge in [0, 0.05) is 13.1 Å². The number of anilines is 1. The van der Waals surface area contributed by atoms with E-state index in [2.05, 4.69) is 9.88 Å². The van der Waals surface area contributed by atoms with Crippen LogP contribution in [0.1, 0.15) is 24.8 Å². The Morgan fingerprint density at radius 2 is 2.17 bits per heavy atom. The fourth-order valence-corrected chi connectivity index (χ4v) is 3.48. The van der Waals surface area contributed by atoms with Crippen molar-refractivity contribution >= 4 is 5.82 Å². The molecule has 0 N–H and O–H groups in total. The van der Waals surface area contributed by atoms with Crippen molar-refractivity contribution in [2.24, 2.45) is 0 Å². The zero-order chi connectivity index (χ0) is 16.0. The van der Waals surface area contributed by atoms with Crippen LogP contribution in [0.4, 0.5) is 10.2 Å². The second-order valence-corrected chi connectivity index (χ2v) is 6.38. The van der Waals surface area contributed by atoms with Crippen molar-refractivity contribution in [1.29, 1.82) is 0 Å². The molecule has 1 aliphatic carbocycles. The molecule has 6 heteroatoms. The lowest BCUT2D eigenvalue weighted by Gasteiger charge is -2.44. The Hall–Kier alpha value is -2.37. The molecule has 1 spiro atoms. The molecule has 23 heavy (non-hydrogen) atoms. The van der Waals surface area contributed by atoms with E-state index >= 15 is 0 Å². The van der Waals surface area contributed by atoms with Crippen LogP contribution in [0.25, 0.3) is 0 Å². The maximum Gasteiger partial charge on any atom is 0.352 e. The Morgan fingerprint density at radius 1 is 1.35 bits per heavy atom. The van der Waals surface area contributed by atoms with Gasteiger partial charge in [0.25, 0.3) is 0 Å². The SMILES string of the molecule is CN1c2cc(OCc3cccc(F)c3)nc(=O)n2CC12CCC2.